The third-order valence-corrected chi connectivity index (χ3v) is 2.88. The molecule has 0 saturated carbocycles. The topological polar surface area (TPSA) is 21.1 Å². The highest BCUT2D eigenvalue weighted by Crippen LogP contribution is 2.21. The summed E-state index contributed by atoms with van der Waals surface area (Å²) in [6, 6.07) is 0.581. The molecule has 0 amide bonds. The van der Waals surface area contributed by atoms with E-state index in [0.717, 1.165) is 4.90 Å². The Labute approximate surface area is 84.1 Å². The van der Waals surface area contributed by atoms with Crippen LogP contribution in [0.3, 0.4) is 0 Å². The third-order valence-electron chi connectivity index (χ3n) is 2.65. The summed E-state index contributed by atoms with van der Waals surface area (Å²) in [5.41, 5.74) is 0. The Bertz CT molecular complexity index is 276. The molecule has 72 valence electrons. The smallest absolute Gasteiger partial charge is 0.0623 e. The van der Waals surface area contributed by atoms with Gasteiger partial charge in [-0.05, 0) is 33.0 Å². The first-order chi connectivity index (χ1) is 6.25. The number of rotatable bonds is 1. The lowest BCUT2D eigenvalue weighted by Crippen LogP contribution is -2.31. The van der Waals surface area contributed by atoms with Gasteiger partial charge in [-0.15, -0.1) is 12.6 Å². The minimum absolute atomic E-state index is 0.581. The highest BCUT2D eigenvalue weighted by Gasteiger charge is 2.18. The molecule has 0 atom stereocenters. The van der Waals surface area contributed by atoms with Gasteiger partial charge in [-0.2, -0.15) is 5.10 Å². The Hall–Kier alpha value is -0.480. The summed E-state index contributed by atoms with van der Waals surface area (Å²) in [7, 11) is 2.17. The maximum absolute atomic E-state index is 4.29. The minimum Gasteiger partial charge on any atom is -0.306 e. The van der Waals surface area contributed by atoms with Crippen molar-refractivity contribution in [2.24, 2.45) is 0 Å². The number of piperidine rings is 1. The van der Waals surface area contributed by atoms with Gasteiger partial charge in [0.2, 0.25) is 0 Å². The van der Waals surface area contributed by atoms with Crippen LogP contribution < -0.4 is 0 Å². The van der Waals surface area contributed by atoms with Gasteiger partial charge in [-0.1, -0.05) is 0 Å². The normalized spacial score (nSPS) is 20.8. The van der Waals surface area contributed by atoms with Gasteiger partial charge in [0.15, 0.2) is 0 Å². The van der Waals surface area contributed by atoms with E-state index in [4.69, 9.17) is 0 Å². The SMILES string of the molecule is CN1CCC(n2cc(S)cn2)CC1. The van der Waals surface area contributed by atoms with Crippen molar-refractivity contribution in [2.75, 3.05) is 20.1 Å². The van der Waals surface area contributed by atoms with Crippen LogP contribution in [0.15, 0.2) is 17.3 Å². The zero-order valence-electron chi connectivity index (χ0n) is 7.85. The molecule has 1 aliphatic rings. The van der Waals surface area contributed by atoms with Crippen LogP contribution >= 0.6 is 12.6 Å². The Kier molecular flexibility index (Phi) is 2.60. The van der Waals surface area contributed by atoms with E-state index in [2.05, 4.69) is 34.4 Å². The summed E-state index contributed by atoms with van der Waals surface area (Å²) >= 11 is 4.25. The summed E-state index contributed by atoms with van der Waals surface area (Å²) < 4.78 is 2.05. The second kappa shape index (κ2) is 3.72. The minimum atomic E-state index is 0.581. The van der Waals surface area contributed by atoms with Crippen molar-refractivity contribution in [3.8, 4) is 0 Å². The standard InChI is InChI=1S/C9H15N3S/c1-11-4-2-8(3-5-11)12-7-9(13)6-10-12/h6-8,13H,2-5H2,1H3. The van der Waals surface area contributed by atoms with Gasteiger partial charge < -0.3 is 4.90 Å². The Morgan fingerprint density at radius 1 is 1.46 bits per heavy atom. The highest BCUT2D eigenvalue weighted by atomic mass is 32.1. The van der Waals surface area contributed by atoms with E-state index in [1.165, 1.54) is 25.9 Å². The van der Waals surface area contributed by atoms with Gasteiger partial charge in [-0.3, -0.25) is 4.68 Å². The number of nitrogens with zero attached hydrogens (tertiary/aromatic N) is 3. The lowest BCUT2D eigenvalue weighted by Gasteiger charge is -2.28. The van der Waals surface area contributed by atoms with Crippen molar-refractivity contribution in [3.05, 3.63) is 12.4 Å². The molecule has 1 aromatic rings. The molecule has 2 heterocycles. The molecule has 0 N–H and O–H groups in total. The Morgan fingerprint density at radius 3 is 2.69 bits per heavy atom. The van der Waals surface area contributed by atoms with Crippen LogP contribution in [-0.4, -0.2) is 34.8 Å². The van der Waals surface area contributed by atoms with Crippen LogP contribution in [0, 0.1) is 0 Å². The molecule has 4 heteroatoms. The molecule has 2 rings (SSSR count). The predicted molar refractivity (Wildman–Crippen MR) is 55.2 cm³/mol. The predicted octanol–water partition coefficient (Wildman–Crippen LogP) is 1.44. The molecule has 13 heavy (non-hydrogen) atoms. The van der Waals surface area contributed by atoms with Crippen LogP contribution in [0.5, 0.6) is 0 Å². The zero-order valence-corrected chi connectivity index (χ0v) is 8.74. The number of aromatic nitrogens is 2. The number of hydrogen-bond acceptors (Lipinski definition) is 3. The lowest BCUT2D eigenvalue weighted by atomic mass is 10.1. The van der Waals surface area contributed by atoms with Crippen LogP contribution in [0.4, 0.5) is 0 Å². The first-order valence-corrected chi connectivity index (χ1v) is 5.12. The van der Waals surface area contributed by atoms with Crippen LogP contribution in [-0.2, 0) is 0 Å². The van der Waals surface area contributed by atoms with E-state index in [-0.39, 0.29) is 0 Å². The molecule has 0 aromatic carbocycles. The average Bonchev–Trinajstić information content (AvgIpc) is 2.53. The van der Waals surface area contributed by atoms with Crippen molar-refractivity contribution in [3.63, 3.8) is 0 Å². The van der Waals surface area contributed by atoms with Crippen molar-refractivity contribution in [2.45, 2.75) is 23.8 Å². The fourth-order valence-electron chi connectivity index (χ4n) is 1.79. The summed E-state index contributed by atoms with van der Waals surface area (Å²) in [6.45, 7) is 2.35. The van der Waals surface area contributed by atoms with E-state index in [1.807, 2.05) is 6.20 Å². The molecule has 0 radical (unpaired) electrons. The fourth-order valence-corrected chi connectivity index (χ4v) is 1.96. The van der Waals surface area contributed by atoms with E-state index in [1.54, 1.807) is 6.20 Å². The van der Waals surface area contributed by atoms with E-state index >= 15 is 0 Å². The van der Waals surface area contributed by atoms with Gasteiger partial charge in [0.05, 0.1) is 12.2 Å². The number of hydrogen-bond donors (Lipinski definition) is 1. The maximum atomic E-state index is 4.29. The molecule has 0 aliphatic carbocycles. The van der Waals surface area contributed by atoms with Gasteiger partial charge in [-0.25, -0.2) is 0 Å². The monoisotopic (exact) mass is 197 g/mol. The maximum Gasteiger partial charge on any atom is 0.0623 e. The molecule has 1 aliphatic heterocycles. The molecule has 0 unspecified atom stereocenters. The Morgan fingerprint density at radius 2 is 2.15 bits per heavy atom. The van der Waals surface area contributed by atoms with Gasteiger partial charge in [0.25, 0.3) is 0 Å². The van der Waals surface area contributed by atoms with Gasteiger partial charge in [0, 0.05) is 11.1 Å². The molecule has 1 saturated heterocycles. The first kappa shape index (κ1) is 9.09. The average molecular weight is 197 g/mol. The fraction of sp³-hybridized carbons (Fsp3) is 0.667. The lowest BCUT2D eigenvalue weighted by molar-refractivity contribution is 0.212. The molecule has 0 bridgehead atoms. The van der Waals surface area contributed by atoms with E-state index < -0.39 is 0 Å². The summed E-state index contributed by atoms with van der Waals surface area (Å²) in [6.07, 6.45) is 6.22. The van der Waals surface area contributed by atoms with Crippen molar-refractivity contribution >= 4 is 12.6 Å². The van der Waals surface area contributed by atoms with Gasteiger partial charge >= 0.3 is 0 Å². The summed E-state index contributed by atoms with van der Waals surface area (Å²) in [5.74, 6) is 0. The van der Waals surface area contributed by atoms with Crippen molar-refractivity contribution in [1.29, 1.82) is 0 Å². The van der Waals surface area contributed by atoms with Crippen LogP contribution in [0.2, 0.25) is 0 Å². The Balaban J connectivity index is 2.02. The molecule has 1 aromatic heterocycles. The summed E-state index contributed by atoms with van der Waals surface area (Å²) in [4.78, 5) is 3.32. The number of thiol groups is 1. The summed E-state index contributed by atoms with van der Waals surface area (Å²) in [5, 5.41) is 4.29. The second-order valence-electron chi connectivity index (χ2n) is 3.71. The zero-order chi connectivity index (χ0) is 9.26. The second-order valence-corrected chi connectivity index (χ2v) is 4.23. The molecular formula is C9H15N3S. The van der Waals surface area contributed by atoms with Crippen LogP contribution in [0.25, 0.3) is 0 Å². The molecule has 3 nitrogen and oxygen atoms in total. The molecule has 1 fully saturated rings. The third kappa shape index (κ3) is 2.06. The van der Waals surface area contributed by atoms with Gasteiger partial charge in [0.1, 0.15) is 0 Å². The highest BCUT2D eigenvalue weighted by molar-refractivity contribution is 7.80. The quantitative estimate of drug-likeness (QED) is 0.688. The molecule has 0 spiro atoms. The number of likely N-dealkylation sites (tertiary alicyclic amines) is 1. The largest absolute Gasteiger partial charge is 0.306 e. The van der Waals surface area contributed by atoms with Crippen LogP contribution in [0.1, 0.15) is 18.9 Å². The van der Waals surface area contributed by atoms with Crippen molar-refractivity contribution in [1.82, 2.24) is 14.7 Å². The van der Waals surface area contributed by atoms with E-state index in [9.17, 15) is 0 Å². The molecular weight excluding hydrogens is 182 g/mol. The van der Waals surface area contributed by atoms with Crippen molar-refractivity contribution < 1.29 is 0 Å². The van der Waals surface area contributed by atoms with E-state index in [0.29, 0.717) is 6.04 Å². The first-order valence-electron chi connectivity index (χ1n) is 4.67.